The van der Waals surface area contributed by atoms with Gasteiger partial charge < -0.3 is 4.90 Å². The van der Waals surface area contributed by atoms with Crippen molar-refractivity contribution in [3.63, 3.8) is 0 Å². The summed E-state index contributed by atoms with van der Waals surface area (Å²) in [6.45, 7) is 4.70. The van der Waals surface area contributed by atoms with E-state index in [4.69, 9.17) is 4.98 Å². The molecule has 2 heteroatoms. The Morgan fingerprint density at radius 1 is 0.310 bits per heavy atom. The van der Waals surface area contributed by atoms with E-state index in [1.165, 1.54) is 44.5 Å². The highest BCUT2D eigenvalue weighted by Crippen LogP contribution is 2.50. The van der Waals surface area contributed by atoms with Crippen molar-refractivity contribution in [2.75, 3.05) is 4.90 Å². The minimum Gasteiger partial charge on any atom is -0.310 e. The van der Waals surface area contributed by atoms with Crippen LogP contribution >= 0.6 is 0 Å². The minimum atomic E-state index is -0.110. The molecule has 0 unspecified atom stereocenters. The van der Waals surface area contributed by atoms with E-state index in [9.17, 15) is 0 Å². The highest BCUT2D eigenvalue weighted by molar-refractivity contribution is 5.87. The average molecular weight is 743 g/mol. The lowest BCUT2D eigenvalue weighted by molar-refractivity contribution is 0.660. The Balaban J connectivity index is 1.05. The molecule has 0 atom stereocenters. The van der Waals surface area contributed by atoms with Gasteiger partial charge >= 0.3 is 0 Å². The van der Waals surface area contributed by atoms with Crippen molar-refractivity contribution >= 4 is 17.1 Å². The molecule has 0 bridgehead atoms. The van der Waals surface area contributed by atoms with Crippen molar-refractivity contribution < 1.29 is 0 Å². The predicted octanol–water partition coefficient (Wildman–Crippen LogP) is 15.2. The predicted molar refractivity (Wildman–Crippen MR) is 244 cm³/mol. The third-order valence-corrected chi connectivity index (χ3v) is 11.7. The van der Waals surface area contributed by atoms with E-state index in [2.05, 4.69) is 225 Å². The van der Waals surface area contributed by atoms with Crippen LogP contribution in [-0.4, -0.2) is 4.98 Å². The summed E-state index contributed by atoms with van der Waals surface area (Å²) in [5.74, 6) is 0. The number of anilines is 3. The monoisotopic (exact) mass is 742 g/mol. The number of rotatable bonds is 8. The molecule has 1 aliphatic carbocycles. The molecule has 2 nitrogen and oxygen atoms in total. The Bertz CT molecular complexity index is 2800. The van der Waals surface area contributed by atoms with E-state index >= 15 is 0 Å². The number of fused-ring (bicyclic) bond motifs is 3. The largest absolute Gasteiger partial charge is 0.310 e. The highest BCUT2D eigenvalue weighted by Gasteiger charge is 2.35. The molecular formula is C56H42N2. The van der Waals surface area contributed by atoms with Gasteiger partial charge in [-0.05, 0) is 104 Å². The molecule has 9 aromatic rings. The summed E-state index contributed by atoms with van der Waals surface area (Å²) in [7, 11) is 0. The topological polar surface area (TPSA) is 16.1 Å². The summed E-state index contributed by atoms with van der Waals surface area (Å²) in [5, 5.41) is 0. The zero-order chi connectivity index (χ0) is 39.1. The first-order valence-electron chi connectivity index (χ1n) is 20.0. The second kappa shape index (κ2) is 14.7. The SMILES string of the molecule is CC1(C)c2ccccc2-c2ccc(N(c3ccc(-c4ccc(-c5ccccc5)cc4)cc3)c3ccc(-c4cc(-c5ccccc5)nc(-c5ccccc5)c4)cc3)cc21. The Morgan fingerprint density at radius 2 is 0.690 bits per heavy atom. The van der Waals surface area contributed by atoms with Crippen LogP contribution in [0.25, 0.3) is 67.0 Å². The maximum atomic E-state index is 5.12. The molecule has 0 fully saturated rings. The van der Waals surface area contributed by atoms with Crippen LogP contribution in [0.4, 0.5) is 17.1 Å². The molecule has 1 aliphatic rings. The molecule has 10 rings (SSSR count). The number of hydrogen-bond donors (Lipinski definition) is 0. The van der Waals surface area contributed by atoms with Crippen molar-refractivity contribution in [2.24, 2.45) is 0 Å². The molecule has 58 heavy (non-hydrogen) atoms. The fraction of sp³-hybridized carbons (Fsp3) is 0.0536. The lowest BCUT2D eigenvalue weighted by Crippen LogP contribution is -2.16. The first-order chi connectivity index (χ1) is 28.5. The molecule has 8 aromatic carbocycles. The lowest BCUT2D eigenvalue weighted by atomic mass is 9.82. The fourth-order valence-corrected chi connectivity index (χ4v) is 8.58. The minimum absolute atomic E-state index is 0.110. The van der Waals surface area contributed by atoms with Gasteiger partial charge in [0.2, 0.25) is 0 Å². The van der Waals surface area contributed by atoms with Crippen LogP contribution in [0.3, 0.4) is 0 Å². The van der Waals surface area contributed by atoms with Gasteiger partial charge in [-0.3, -0.25) is 0 Å². The number of aromatic nitrogens is 1. The first-order valence-corrected chi connectivity index (χ1v) is 20.0. The Morgan fingerprint density at radius 3 is 1.21 bits per heavy atom. The Kier molecular flexibility index (Phi) is 8.88. The average Bonchev–Trinajstić information content (AvgIpc) is 3.53. The summed E-state index contributed by atoms with van der Waals surface area (Å²) in [4.78, 5) is 7.51. The van der Waals surface area contributed by atoms with Gasteiger partial charge in [-0.25, -0.2) is 4.98 Å². The lowest BCUT2D eigenvalue weighted by Gasteiger charge is -2.28. The normalized spacial score (nSPS) is 12.4. The van der Waals surface area contributed by atoms with Crippen LogP contribution in [0, 0.1) is 0 Å². The maximum Gasteiger partial charge on any atom is 0.0715 e. The van der Waals surface area contributed by atoms with E-state index in [0.717, 1.165) is 50.7 Å². The molecule has 0 aliphatic heterocycles. The standard InChI is InChI=1S/C56H42N2/c1-56(2)52-21-13-12-20-50(52)51-35-34-49(38-53(51)56)58(47-30-26-42(27-31-47)41-24-22-40(23-25-41)39-14-6-3-7-15-39)48-32-28-43(29-33-48)46-36-54(44-16-8-4-9-17-44)57-55(37-46)45-18-10-5-11-19-45/h3-38H,1-2H3. The second-order valence-electron chi connectivity index (χ2n) is 15.6. The molecule has 0 N–H and O–H groups in total. The van der Waals surface area contributed by atoms with E-state index in [1.807, 2.05) is 12.1 Å². The van der Waals surface area contributed by atoms with Crippen LogP contribution in [0.5, 0.6) is 0 Å². The molecule has 276 valence electrons. The first kappa shape index (κ1) is 35.1. The van der Waals surface area contributed by atoms with Gasteiger partial charge in [-0.15, -0.1) is 0 Å². The van der Waals surface area contributed by atoms with Crippen LogP contribution < -0.4 is 4.90 Å². The molecule has 1 aromatic heterocycles. The van der Waals surface area contributed by atoms with E-state index in [1.54, 1.807) is 0 Å². The van der Waals surface area contributed by atoms with Crippen molar-refractivity contribution in [3.05, 3.63) is 230 Å². The van der Waals surface area contributed by atoms with Crippen molar-refractivity contribution in [1.82, 2.24) is 4.98 Å². The smallest absolute Gasteiger partial charge is 0.0715 e. The summed E-state index contributed by atoms with van der Waals surface area (Å²) in [5.41, 5.74) is 19.8. The maximum absolute atomic E-state index is 5.12. The van der Waals surface area contributed by atoms with Crippen molar-refractivity contribution in [3.8, 4) is 67.0 Å². The van der Waals surface area contributed by atoms with Crippen molar-refractivity contribution in [2.45, 2.75) is 19.3 Å². The fourth-order valence-electron chi connectivity index (χ4n) is 8.58. The summed E-state index contributed by atoms with van der Waals surface area (Å²) >= 11 is 0. The molecule has 0 saturated heterocycles. The molecule has 0 amide bonds. The van der Waals surface area contributed by atoms with Crippen molar-refractivity contribution in [1.29, 1.82) is 0 Å². The molecule has 0 saturated carbocycles. The number of nitrogens with zero attached hydrogens (tertiary/aromatic N) is 2. The van der Waals surface area contributed by atoms with Gasteiger partial charge in [0, 0.05) is 33.6 Å². The van der Waals surface area contributed by atoms with Crippen LogP contribution in [0.2, 0.25) is 0 Å². The third-order valence-electron chi connectivity index (χ3n) is 11.7. The van der Waals surface area contributed by atoms with Gasteiger partial charge in [0.1, 0.15) is 0 Å². The summed E-state index contributed by atoms with van der Waals surface area (Å²) in [6, 6.07) is 78.6. The quantitative estimate of drug-likeness (QED) is 0.154. The molecular weight excluding hydrogens is 701 g/mol. The Labute approximate surface area is 341 Å². The summed E-state index contributed by atoms with van der Waals surface area (Å²) < 4.78 is 0. The van der Waals surface area contributed by atoms with Crippen LogP contribution in [0.15, 0.2) is 218 Å². The van der Waals surface area contributed by atoms with Gasteiger partial charge in [-0.1, -0.05) is 184 Å². The van der Waals surface area contributed by atoms with Crippen LogP contribution in [-0.2, 0) is 5.41 Å². The molecule has 1 heterocycles. The highest BCUT2D eigenvalue weighted by atomic mass is 15.1. The van der Waals surface area contributed by atoms with Gasteiger partial charge in [0.05, 0.1) is 11.4 Å². The van der Waals surface area contributed by atoms with E-state index in [-0.39, 0.29) is 5.41 Å². The molecule has 0 radical (unpaired) electrons. The van der Waals surface area contributed by atoms with Gasteiger partial charge in [0.15, 0.2) is 0 Å². The van der Waals surface area contributed by atoms with Gasteiger partial charge in [0.25, 0.3) is 0 Å². The Hall–Kier alpha value is -7.29. The van der Waals surface area contributed by atoms with Gasteiger partial charge in [-0.2, -0.15) is 0 Å². The second-order valence-corrected chi connectivity index (χ2v) is 15.6. The number of benzene rings is 8. The number of pyridine rings is 1. The number of hydrogen-bond acceptors (Lipinski definition) is 2. The van der Waals surface area contributed by atoms with E-state index < -0.39 is 0 Å². The summed E-state index contributed by atoms with van der Waals surface area (Å²) in [6.07, 6.45) is 0. The molecule has 0 spiro atoms. The zero-order valence-corrected chi connectivity index (χ0v) is 32.7. The third kappa shape index (κ3) is 6.49. The van der Waals surface area contributed by atoms with E-state index in [0.29, 0.717) is 0 Å². The zero-order valence-electron chi connectivity index (χ0n) is 32.7. The van der Waals surface area contributed by atoms with Crippen LogP contribution in [0.1, 0.15) is 25.0 Å².